The number of hydrogen-bond donors (Lipinski definition) is 2. The van der Waals surface area contributed by atoms with Gasteiger partial charge >= 0.3 is 0 Å². The second-order valence-electron chi connectivity index (χ2n) is 5.44. The summed E-state index contributed by atoms with van der Waals surface area (Å²) in [5.41, 5.74) is 2.36. The highest BCUT2D eigenvalue weighted by atomic mass is 16.2. The first-order valence-electron chi connectivity index (χ1n) is 7.60. The van der Waals surface area contributed by atoms with Gasteiger partial charge in [-0.05, 0) is 37.8 Å². The molecule has 1 unspecified atom stereocenters. The Bertz CT molecular complexity index is 472. The van der Waals surface area contributed by atoms with E-state index < -0.39 is 0 Å². The van der Waals surface area contributed by atoms with Gasteiger partial charge in [-0.2, -0.15) is 0 Å². The van der Waals surface area contributed by atoms with Crippen LogP contribution in [-0.4, -0.2) is 18.4 Å². The topological polar surface area (TPSA) is 58.2 Å². The summed E-state index contributed by atoms with van der Waals surface area (Å²) in [6.07, 6.45) is 3.26. The summed E-state index contributed by atoms with van der Waals surface area (Å²) in [7, 11) is 0. The third-order valence-corrected chi connectivity index (χ3v) is 3.49. The second-order valence-corrected chi connectivity index (χ2v) is 5.44. The molecule has 0 heterocycles. The fraction of sp³-hybridized carbons (Fsp3) is 0.529. The lowest BCUT2D eigenvalue weighted by Crippen LogP contribution is -2.26. The molecule has 1 aromatic carbocycles. The first-order valence-corrected chi connectivity index (χ1v) is 7.60. The summed E-state index contributed by atoms with van der Waals surface area (Å²) in [4.78, 5) is 22.6. The predicted octanol–water partition coefficient (Wildman–Crippen LogP) is 2.87. The number of amides is 2. The molecule has 0 spiro atoms. The lowest BCUT2D eigenvalue weighted by molar-refractivity contribution is -0.122. The monoisotopic (exact) mass is 290 g/mol. The van der Waals surface area contributed by atoms with Crippen LogP contribution in [0.2, 0.25) is 0 Å². The van der Waals surface area contributed by atoms with Crippen molar-refractivity contribution in [1.82, 2.24) is 10.6 Å². The van der Waals surface area contributed by atoms with Crippen molar-refractivity contribution >= 4 is 11.8 Å². The van der Waals surface area contributed by atoms with Crippen LogP contribution in [-0.2, 0) is 9.59 Å². The van der Waals surface area contributed by atoms with Gasteiger partial charge in [-0.15, -0.1) is 0 Å². The van der Waals surface area contributed by atoms with Gasteiger partial charge in [0.1, 0.15) is 0 Å². The molecule has 1 atom stereocenters. The summed E-state index contributed by atoms with van der Waals surface area (Å²) < 4.78 is 0. The summed E-state index contributed by atoms with van der Waals surface area (Å²) in [6, 6.07) is 8.14. The molecule has 0 aliphatic rings. The lowest BCUT2D eigenvalue weighted by atomic mass is 10.0. The van der Waals surface area contributed by atoms with Gasteiger partial charge in [-0.1, -0.05) is 30.7 Å². The van der Waals surface area contributed by atoms with E-state index in [1.54, 1.807) is 0 Å². The fourth-order valence-corrected chi connectivity index (χ4v) is 2.32. The van der Waals surface area contributed by atoms with Crippen LogP contribution >= 0.6 is 0 Å². The van der Waals surface area contributed by atoms with Crippen molar-refractivity contribution < 1.29 is 9.59 Å². The summed E-state index contributed by atoms with van der Waals surface area (Å²) in [5.74, 6) is 0.0880. The van der Waals surface area contributed by atoms with Crippen molar-refractivity contribution in [3.8, 4) is 0 Å². The van der Waals surface area contributed by atoms with Crippen LogP contribution in [0.3, 0.4) is 0 Å². The van der Waals surface area contributed by atoms with Gasteiger partial charge in [0.05, 0.1) is 6.04 Å². The van der Waals surface area contributed by atoms with Gasteiger partial charge in [0.2, 0.25) is 11.8 Å². The van der Waals surface area contributed by atoms with Crippen LogP contribution < -0.4 is 10.6 Å². The summed E-state index contributed by atoms with van der Waals surface area (Å²) in [5, 5.41) is 5.79. The molecule has 0 aliphatic heterocycles. The van der Waals surface area contributed by atoms with E-state index in [2.05, 4.69) is 23.6 Å². The molecule has 2 N–H and O–H groups in total. The van der Waals surface area contributed by atoms with Gasteiger partial charge in [0.25, 0.3) is 0 Å². The minimum Gasteiger partial charge on any atom is -0.356 e. The van der Waals surface area contributed by atoms with Crippen LogP contribution in [0.15, 0.2) is 24.3 Å². The normalized spacial score (nSPS) is 11.8. The average molecular weight is 290 g/mol. The zero-order valence-corrected chi connectivity index (χ0v) is 13.2. The van der Waals surface area contributed by atoms with Crippen LogP contribution in [0.4, 0.5) is 0 Å². The first kappa shape index (κ1) is 17.2. The van der Waals surface area contributed by atoms with E-state index in [1.165, 1.54) is 12.5 Å². The molecular formula is C17H26N2O2. The van der Waals surface area contributed by atoms with Crippen LogP contribution in [0.5, 0.6) is 0 Å². The Morgan fingerprint density at radius 1 is 1.14 bits per heavy atom. The molecule has 0 radical (unpaired) electrons. The molecule has 0 fully saturated rings. The molecule has 116 valence electrons. The van der Waals surface area contributed by atoms with Crippen LogP contribution in [0, 0.1) is 6.92 Å². The number of hydrogen-bond acceptors (Lipinski definition) is 2. The molecule has 0 aliphatic carbocycles. The highest BCUT2D eigenvalue weighted by molar-refractivity contribution is 5.76. The Labute approximate surface area is 127 Å². The molecule has 2 amide bonds. The zero-order chi connectivity index (χ0) is 15.7. The Balaban J connectivity index is 2.22. The maximum atomic E-state index is 11.9. The molecule has 4 heteroatoms. The van der Waals surface area contributed by atoms with E-state index in [0.29, 0.717) is 13.0 Å². The van der Waals surface area contributed by atoms with E-state index in [0.717, 1.165) is 24.8 Å². The minimum atomic E-state index is -0.000186. The van der Waals surface area contributed by atoms with Gasteiger partial charge in [0, 0.05) is 19.9 Å². The van der Waals surface area contributed by atoms with Gasteiger partial charge in [-0.3, -0.25) is 9.59 Å². The molecular weight excluding hydrogens is 264 g/mol. The first-order chi connectivity index (χ1) is 10.0. The van der Waals surface area contributed by atoms with Crippen LogP contribution in [0.1, 0.15) is 56.7 Å². The molecule has 0 saturated heterocycles. The number of unbranched alkanes of at least 4 members (excludes halogenated alkanes) is 2. The fourth-order valence-electron chi connectivity index (χ4n) is 2.32. The standard InChI is InChI=1S/C17H26N2O2/c1-13-9-6-7-10-16(13)14(2)19-17(21)11-5-4-8-12-18-15(3)20/h6-7,9-10,14H,4-5,8,11-12H2,1-3H3,(H,18,20)(H,19,21). The Morgan fingerprint density at radius 2 is 1.86 bits per heavy atom. The SMILES string of the molecule is CC(=O)NCCCCCC(=O)NC(C)c1ccccc1C. The van der Waals surface area contributed by atoms with Gasteiger partial charge in [0.15, 0.2) is 0 Å². The molecule has 0 saturated carbocycles. The number of benzene rings is 1. The number of carbonyl (C=O) groups excluding carboxylic acids is 2. The summed E-state index contributed by atoms with van der Waals surface area (Å²) >= 11 is 0. The third kappa shape index (κ3) is 6.93. The van der Waals surface area contributed by atoms with Crippen molar-refractivity contribution in [2.75, 3.05) is 6.54 Å². The molecule has 1 rings (SSSR count). The molecule has 0 bridgehead atoms. The van der Waals surface area contributed by atoms with E-state index >= 15 is 0 Å². The maximum Gasteiger partial charge on any atom is 0.220 e. The molecule has 4 nitrogen and oxygen atoms in total. The van der Waals surface area contributed by atoms with Gasteiger partial charge < -0.3 is 10.6 Å². The Kier molecular flexibility index (Phi) is 7.51. The third-order valence-electron chi connectivity index (χ3n) is 3.49. The number of carbonyl (C=O) groups is 2. The van der Waals surface area contributed by atoms with Gasteiger partial charge in [-0.25, -0.2) is 0 Å². The highest BCUT2D eigenvalue weighted by Gasteiger charge is 2.10. The zero-order valence-electron chi connectivity index (χ0n) is 13.2. The van der Waals surface area contributed by atoms with Crippen LogP contribution in [0.25, 0.3) is 0 Å². The molecule has 0 aromatic heterocycles. The number of nitrogens with one attached hydrogen (secondary N) is 2. The lowest BCUT2D eigenvalue weighted by Gasteiger charge is -2.16. The van der Waals surface area contributed by atoms with E-state index in [1.807, 2.05) is 25.1 Å². The maximum absolute atomic E-state index is 11.9. The predicted molar refractivity (Wildman–Crippen MR) is 84.9 cm³/mol. The minimum absolute atomic E-state index is 0.000186. The Morgan fingerprint density at radius 3 is 2.52 bits per heavy atom. The van der Waals surface area contributed by atoms with Crippen molar-refractivity contribution in [3.05, 3.63) is 35.4 Å². The summed E-state index contributed by atoms with van der Waals surface area (Å²) in [6.45, 7) is 6.27. The largest absolute Gasteiger partial charge is 0.356 e. The van der Waals surface area contributed by atoms with E-state index in [9.17, 15) is 9.59 Å². The van der Waals surface area contributed by atoms with E-state index in [-0.39, 0.29) is 17.9 Å². The smallest absolute Gasteiger partial charge is 0.220 e. The molecule has 1 aromatic rings. The second kappa shape index (κ2) is 9.16. The number of rotatable bonds is 8. The van der Waals surface area contributed by atoms with E-state index in [4.69, 9.17) is 0 Å². The van der Waals surface area contributed by atoms with Crippen molar-refractivity contribution in [3.63, 3.8) is 0 Å². The Hall–Kier alpha value is -1.84. The van der Waals surface area contributed by atoms with Crippen molar-refractivity contribution in [2.45, 2.75) is 52.5 Å². The molecule has 21 heavy (non-hydrogen) atoms. The number of aryl methyl sites for hydroxylation is 1. The highest BCUT2D eigenvalue weighted by Crippen LogP contribution is 2.16. The van der Waals surface area contributed by atoms with Crippen molar-refractivity contribution in [2.24, 2.45) is 0 Å². The average Bonchev–Trinajstić information content (AvgIpc) is 2.42. The van der Waals surface area contributed by atoms with Crippen molar-refractivity contribution in [1.29, 1.82) is 0 Å². The quantitative estimate of drug-likeness (QED) is 0.723.